The number of halogens is 2. The SMILES string of the molecule is CC(C=C(Cl)Cl)OC(=O)CSc1nccc(-c2ccccn2)n1. The molecule has 0 spiro atoms. The van der Waals surface area contributed by atoms with Crippen molar-refractivity contribution >= 4 is 40.9 Å². The molecule has 0 aliphatic carbocycles. The maximum Gasteiger partial charge on any atom is 0.316 e. The molecule has 2 aromatic heterocycles. The number of nitrogens with zero attached hydrogens (tertiary/aromatic N) is 3. The summed E-state index contributed by atoms with van der Waals surface area (Å²) in [5, 5.41) is 0.476. The number of hydrogen-bond donors (Lipinski definition) is 0. The molecule has 1 atom stereocenters. The van der Waals surface area contributed by atoms with Crippen molar-refractivity contribution in [2.75, 3.05) is 5.75 Å². The summed E-state index contributed by atoms with van der Waals surface area (Å²) in [6.07, 6.45) is 4.26. The lowest BCUT2D eigenvalue weighted by atomic mass is 10.3. The number of esters is 1. The maximum atomic E-state index is 11.7. The number of pyridine rings is 1. The number of carbonyl (C=O) groups is 1. The summed E-state index contributed by atoms with van der Waals surface area (Å²) in [5.74, 6) is -0.316. The smallest absolute Gasteiger partial charge is 0.316 e. The third kappa shape index (κ3) is 6.17. The fourth-order valence-corrected chi connectivity index (χ4v) is 2.61. The lowest BCUT2D eigenvalue weighted by Crippen LogP contribution is -2.14. The third-order valence-corrected chi connectivity index (χ3v) is 3.64. The van der Waals surface area contributed by atoms with Gasteiger partial charge in [0.1, 0.15) is 10.6 Å². The number of thioether (sulfide) groups is 1. The number of ether oxygens (including phenoxy) is 1. The molecule has 2 aromatic rings. The molecule has 0 radical (unpaired) electrons. The normalized spacial score (nSPS) is 11.6. The summed E-state index contributed by atoms with van der Waals surface area (Å²) < 4.78 is 5.18. The zero-order valence-electron chi connectivity index (χ0n) is 12.1. The van der Waals surface area contributed by atoms with Crippen LogP contribution in [0.4, 0.5) is 0 Å². The Morgan fingerprint density at radius 2 is 2.09 bits per heavy atom. The van der Waals surface area contributed by atoms with Crippen molar-refractivity contribution in [3.63, 3.8) is 0 Å². The van der Waals surface area contributed by atoms with Crippen LogP contribution in [0.15, 0.2) is 52.4 Å². The van der Waals surface area contributed by atoms with Crippen LogP contribution in [0.1, 0.15) is 6.92 Å². The van der Waals surface area contributed by atoms with Crippen molar-refractivity contribution in [2.45, 2.75) is 18.2 Å². The number of aromatic nitrogens is 3. The van der Waals surface area contributed by atoms with Crippen LogP contribution in [-0.4, -0.2) is 32.8 Å². The van der Waals surface area contributed by atoms with Gasteiger partial charge in [0.2, 0.25) is 0 Å². The van der Waals surface area contributed by atoms with E-state index in [-0.39, 0.29) is 10.2 Å². The van der Waals surface area contributed by atoms with Gasteiger partial charge in [-0.1, -0.05) is 41.0 Å². The van der Waals surface area contributed by atoms with Crippen LogP contribution < -0.4 is 0 Å². The molecule has 0 aliphatic rings. The largest absolute Gasteiger partial charge is 0.458 e. The molecule has 0 fully saturated rings. The Hall–Kier alpha value is -1.63. The molecule has 0 aliphatic heterocycles. The Kier molecular flexibility index (Phi) is 6.83. The number of carbonyl (C=O) groups excluding carboxylic acids is 1. The average Bonchev–Trinajstić information content (AvgIpc) is 2.53. The van der Waals surface area contributed by atoms with Gasteiger partial charge in [-0.05, 0) is 31.2 Å². The molecule has 8 heteroatoms. The van der Waals surface area contributed by atoms with E-state index in [0.717, 1.165) is 5.69 Å². The predicted molar refractivity (Wildman–Crippen MR) is 91.3 cm³/mol. The molecule has 2 heterocycles. The molecule has 0 N–H and O–H groups in total. The van der Waals surface area contributed by atoms with Gasteiger partial charge in [-0.25, -0.2) is 9.97 Å². The van der Waals surface area contributed by atoms with Gasteiger partial charge in [0.05, 0.1) is 17.1 Å². The van der Waals surface area contributed by atoms with Crippen LogP contribution in [0.3, 0.4) is 0 Å². The van der Waals surface area contributed by atoms with E-state index in [0.29, 0.717) is 10.9 Å². The van der Waals surface area contributed by atoms with Crippen LogP contribution in [0.25, 0.3) is 11.4 Å². The predicted octanol–water partition coefficient (Wildman–Crippen LogP) is 3.88. The lowest BCUT2D eigenvalue weighted by molar-refractivity contribution is -0.142. The standard InChI is InChI=1S/C15H13Cl2N3O2S/c1-10(8-13(16)17)22-14(21)9-23-15-19-7-5-12(20-15)11-4-2-3-6-18-11/h2-8,10H,9H2,1H3. The quantitative estimate of drug-likeness (QED) is 0.437. The molecular formula is C15H13Cl2N3O2S. The second kappa shape index (κ2) is 8.86. The molecule has 1 unspecified atom stereocenters. The van der Waals surface area contributed by atoms with Gasteiger partial charge in [-0.15, -0.1) is 0 Å². The van der Waals surface area contributed by atoms with Gasteiger partial charge >= 0.3 is 5.97 Å². The van der Waals surface area contributed by atoms with Crippen molar-refractivity contribution in [2.24, 2.45) is 0 Å². The summed E-state index contributed by atoms with van der Waals surface area (Å²) in [6.45, 7) is 1.67. The van der Waals surface area contributed by atoms with Crippen LogP contribution in [-0.2, 0) is 9.53 Å². The zero-order valence-corrected chi connectivity index (χ0v) is 14.5. The first-order valence-corrected chi connectivity index (χ1v) is 8.38. The summed E-state index contributed by atoms with van der Waals surface area (Å²) in [4.78, 5) is 24.5. The van der Waals surface area contributed by atoms with E-state index >= 15 is 0 Å². The van der Waals surface area contributed by atoms with Gasteiger partial charge in [0.15, 0.2) is 5.16 Å². The van der Waals surface area contributed by atoms with Gasteiger partial charge in [-0.3, -0.25) is 9.78 Å². The second-order valence-corrected chi connectivity index (χ2v) is 6.33. The molecule has 0 aromatic carbocycles. The topological polar surface area (TPSA) is 65.0 Å². The minimum atomic E-state index is -0.492. The molecule has 23 heavy (non-hydrogen) atoms. The van der Waals surface area contributed by atoms with Crippen LogP contribution in [0.2, 0.25) is 0 Å². The Morgan fingerprint density at radius 1 is 1.26 bits per heavy atom. The average molecular weight is 370 g/mol. The highest BCUT2D eigenvalue weighted by molar-refractivity contribution is 7.99. The lowest BCUT2D eigenvalue weighted by Gasteiger charge is -2.08. The molecule has 0 bridgehead atoms. The molecule has 0 saturated heterocycles. The minimum Gasteiger partial charge on any atom is -0.458 e. The van der Waals surface area contributed by atoms with Gasteiger partial charge < -0.3 is 4.74 Å². The van der Waals surface area contributed by atoms with E-state index in [9.17, 15) is 4.79 Å². The summed E-state index contributed by atoms with van der Waals surface area (Å²) in [5.41, 5.74) is 1.44. The Labute approximate surface area is 148 Å². The fraction of sp³-hybridized carbons (Fsp3) is 0.200. The van der Waals surface area contributed by atoms with Crippen molar-refractivity contribution in [1.29, 1.82) is 0 Å². The molecule has 120 valence electrons. The van der Waals surface area contributed by atoms with Crippen molar-refractivity contribution in [3.8, 4) is 11.4 Å². The van der Waals surface area contributed by atoms with Crippen LogP contribution >= 0.6 is 35.0 Å². The highest BCUT2D eigenvalue weighted by Crippen LogP contribution is 2.18. The number of hydrogen-bond acceptors (Lipinski definition) is 6. The fourth-order valence-electron chi connectivity index (χ4n) is 1.64. The zero-order chi connectivity index (χ0) is 16.7. The van der Waals surface area contributed by atoms with Crippen molar-refractivity contribution in [3.05, 3.63) is 47.2 Å². The van der Waals surface area contributed by atoms with E-state index in [1.807, 2.05) is 18.2 Å². The van der Waals surface area contributed by atoms with Crippen LogP contribution in [0.5, 0.6) is 0 Å². The Balaban J connectivity index is 1.94. The second-order valence-electron chi connectivity index (χ2n) is 4.38. The Bertz CT molecular complexity index is 694. The highest BCUT2D eigenvalue weighted by Gasteiger charge is 2.11. The monoisotopic (exact) mass is 369 g/mol. The van der Waals surface area contributed by atoms with E-state index in [1.165, 1.54) is 17.8 Å². The van der Waals surface area contributed by atoms with Crippen molar-refractivity contribution in [1.82, 2.24) is 15.0 Å². The van der Waals surface area contributed by atoms with Gasteiger partial charge in [-0.2, -0.15) is 0 Å². The van der Waals surface area contributed by atoms with Gasteiger partial charge in [0.25, 0.3) is 0 Å². The number of rotatable bonds is 6. The van der Waals surface area contributed by atoms with E-state index in [1.54, 1.807) is 25.4 Å². The molecular weight excluding hydrogens is 357 g/mol. The molecule has 0 saturated carbocycles. The summed E-state index contributed by atoms with van der Waals surface area (Å²) in [6, 6.07) is 7.33. The van der Waals surface area contributed by atoms with E-state index in [2.05, 4.69) is 15.0 Å². The first-order chi connectivity index (χ1) is 11.0. The molecule has 2 rings (SSSR count). The van der Waals surface area contributed by atoms with E-state index < -0.39 is 12.1 Å². The third-order valence-electron chi connectivity index (χ3n) is 2.56. The molecule has 5 nitrogen and oxygen atoms in total. The minimum absolute atomic E-state index is 0.0596. The Morgan fingerprint density at radius 3 is 2.78 bits per heavy atom. The summed E-state index contributed by atoms with van der Waals surface area (Å²) in [7, 11) is 0. The van der Waals surface area contributed by atoms with Crippen molar-refractivity contribution < 1.29 is 9.53 Å². The van der Waals surface area contributed by atoms with Crippen LogP contribution in [0, 0.1) is 0 Å². The molecule has 0 amide bonds. The first kappa shape index (κ1) is 17.7. The highest BCUT2D eigenvalue weighted by atomic mass is 35.5. The van der Waals surface area contributed by atoms with Gasteiger partial charge in [0, 0.05) is 12.4 Å². The maximum absolute atomic E-state index is 11.7. The first-order valence-electron chi connectivity index (χ1n) is 6.64. The summed E-state index contributed by atoms with van der Waals surface area (Å²) >= 11 is 12.2. The van der Waals surface area contributed by atoms with E-state index in [4.69, 9.17) is 27.9 Å².